The molecule has 0 amide bonds. The van der Waals surface area contributed by atoms with Crippen molar-refractivity contribution >= 4 is 0 Å². The fourth-order valence-electron chi connectivity index (χ4n) is 1.80. The van der Waals surface area contributed by atoms with Gasteiger partial charge in [0.15, 0.2) is 0 Å². The Balaban J connectivity index is 2.28. The highest BCUT2D eigenvalue weighted by Crippen LogP contribution is 2.19. The van der Waals surface area contributed by atoms with Crippen molar-refractivity contribution in [1.29, 1.82) is 0 Å². The topological polar surface area (TPSA) is 39.7 Å². The molecule has 0 bridgehead atoms. The van der Waals surface area contributed by atoms with Crippen LogP contribution in [0.4, 0.5) is 0 Å². The molecule has 0 aliphatic rings. The average molecular weight is 267 g/mol. The summed E-state index contributed by atoms with van der Waals surface area (Å²) in [6, 6.07) is 6.23. The first-order valence-electron chi connectivity index (χ1n) is 6.71. The molecule has 1 aromatic rings. The molecule has 0 atom stereocenters. The van der Waals surface area contributed by atoms with Crippen molar-refractivity contribution in [3.63, 3.8) is 0 Å². The van der Waals surface area contributed by atoms with Crippen LogP contribution >= 0.6 is 0 Å². The molecule has 0 unspecified atom stereocenters. The van der Waals surface area contributed by atoms with Crippen LogP contribution in [0, 0.1) is 6.92 Å². The number of hydrogen-bond acceptors (Lipinski definition) is 4. The van der Waals surface area contributed by atoms with Crippen molar-refractivity contribution in [2.75, 3.05) is 40.6 Å². The van der Waals surface area contributed by atoms with E-state index in [1.54, 1.807) is 7.11 Å². The van der Waals surface area contributed by atoms with E-state index in [9.17, 15) is 0 Å². The van der Waals surface area contributed by atoms with Crippen molar-refractivity contribution in [3.05, 3.63) is 29.3 Å². The highest BCUT2D eigenvalue weighted by molar-refractivity contribution is 5.36. The first-order valence-corrected chi connectivity index (χ1v) is 6.71. The lowest BCUT2D eigenvalue weighted by Gasteiger charge is -2.12. The van der Waals surface area contributed by atoms with E-state index in [2.05, 4.69) is 24.4 Å². The van der Waals surface area contributed by atoms with E-state index in [0.29, 0.717) is 19.8 Å². The fourth-order valence-corrected chi connectivity index (χ4v) is 1.80. The van der Waals surface area contributed by atoms with Crippen molar-refractivity contribution < 1.29 is 14.2 Å². The summed E-state index contributed by atoms with van der Waals surface area (Å²) in [5, 5.41) is 3.15. The maximum absolute atomic E-state index is 5.75. The lowest BCUT2D eigenvalue weighted by molar-refractivity contribution is 0.0804. The molecule has 19 heavy (non-hydrogen) atoms. The fraction of sp³-hybridized carbons (Fsp3) is 0.600. The van der Waals surface area contributed by atoms with Crippen LogP contribution < -0.4 is 10.1 Å². The van der Waals surface area contributed by atoms with Gasteiger partial charge >= 0.3 is 0 Å². The first kappa shape index (κ1) is 16.0. The SMILES string of the molecule is CNCc1cc(C)ccc1OCCOCCCOC. The summed E-state index contributed by atoms with van der Waals surface area (Å²) in [6.07, 6.45) is 0.923. The highest BCUT2D eigenvalue weighted by atomic mass is 16.5. The molecule has 0 radical (unpaired) electrons. The molecule has 0 saturated heterocycles. The number of benzene rings is 1. The zero-order valence-electron chi connectivity index (χ0n) is 12.2. The van der Waals surface area contributed by atoms with E-state index >= 15 is 0 Å². The van der Waals surface area contributed by atoms with Gasteiger partial charge in [-0.15, -0.1) is 0 Å². The minimum Gasteiger partial charge on any atom is -0.491 e. The molecule has 0 heterocycles. The van der Waals surface area contributed by atoms with Gasteiger partial charge in [0, 0.05) is 32.4 Å². The number of rotatable bonds is 10. The predicted octanol–water partition coefficient (Wildman–Crippen LogP) is 2.15. The second-order valence-corrected chi connectivity index (χ2v) is 4.45. The first-order chi connectivity index (χ1) is 9.27. The summed E-state index contributed by atoms with van der Waals surface area (Å²) in [6.45, 7) is 5.54. The van der Waals surface area contributed by atoms with E-state index in [4.69, 9.17) is 14.2 Å². The summed E-state index contributed by atoms with van der Waals surface area (Å²) in [7, 11) is 3.63. The number of methoxy groups -OCH3 is 1. The van der Waals surface area contributed by atoms with Crippen molar-refractivity contribution in [2.45, 2.75) is 19.9 Å². The second kappa shape index (κ2) is 9.78. The summed E-state index contributed by atoms with van der Waals surface area (Å²) >= 11 is 0. The Labute approximate surface area is 116 Å². The highest BCUT2D eigenvalue weighted by Gasteiger charge is 2.03. The van der Waals surface area contributed by atoms with Crippen LogP contribution in [0.2, 0.25) is 0 Å². The van der Waals surface area contributed by atoms with Crippen LogP contribution in [0.15, 0.2) is 18.2 Å². The molecule has 1 N–H and O–H groups in total. The molecule has 1 aromatic carbocycles. The summed E-state index contributed by atoms with van der Waals surface area (Å²) in [5.74, 6) is 0.931. The van der Waals surface area contributed by atoms with Gasteiger partial charge in [-0.05, 0) is 26.5 Å². The van der Waals surface area contributed by atoms with Crippen molar-refractivity contribution in [1.82, 2.24) is 5.32 Å². The average Bonchev–Trinajstić information content (AvgIpc) is 2.40. The normalized spacial score (nSPS) is 10.7. The van der Waals surface area contributed by atoms with Gasteiger partial charge in [-0.3, -0.25) is 0 Å². The standard InChI is InChI=1S/C15H25NO3/c1-13-5-6-15(14(11-13)12-16-2)19-10-9-18-8-4-7-17-3/h5-6,11,16H,4,7-10,12H2,1-3H3. The van der Waals surface area contributed by atoms with Gasteiger partial charge in [-0.25, -0.2) is 0 Å². The Morgan fingerprint density at radius 1 is 1.11 bits per heavy atom. The predicted molar refractivity (Wildman–Crippen MR) is 76.7 cm³/mol. The van der Waals surface area contributed by atoms with Gasteiger partial charge in [-0.1, -0.05) is 17.7 Å². The monoisotopic (exact) mass is 267 g/mol. The Bertz CT molecular complexity index is 355. The van der Waals surface area contributed by atoms with Crippen molar-refractivity contribution in [2.24, 2.45) is 0 Å². The second-order valence-electron chi connectivity index (χ2n) is 4.45. The van der Waals surface area contributed by atoms with Crippen LogP contribution in [0.1, 0.15) is 17.5 Å². The molecule has 0 fully saturated rings. The third-order valence-electron chi connectivity index (χ3n) is 2.71. The van der Waals surface area contributed by atoms with Gasteiger partial charge in [-0.2, -0.15) is 0 Å². The number of ether oxygens (including phenoxy) is 3. The molecular weight excluding hydrogens is 242 g/mol. The zero-order valence-corrected chi connectivity index (χ0v) is 12.2. The maximum Gasteiger partial charge on any atom is 0.123 e. The van der Waals surface area contributed by atoms with Crippen LogP contribution in [0.25, 0.3) is 0 Å². The zero-order chi connectivity index (χ0) is 13.9. The van der Waals surface area contributed by atoms with E-state index in [1.807, 2.05) is 13.1 Å². The van der Waals surface area contributed by atoms with E-state index < -0.39 is 0 Å². The molecule has 0 aromatic heterocycles. The van der Waals surface area contributed by atoms with Gasteiger partial charge in [0.25, 0.3) is 0 Å². The van der Waals surface area contributed by atoms with E-state index in [0.717, 1.165) is 25.3 Å². The molecule has 0 aliphatic carbocycles. The third kappa shape index (κ3) is 6.57. The molecular formula is C15H25NO3. The minimum absolute atomic E-state index is 0.576. The Morgan fingerprint density at radius 3 is 2.68 bits per heavy atom. The quantitative estimate of drug-likeness (QED) is 0.659. The van der Waals surface area contributed by atoms with E-state index in [-0.39, 0.29) is 0 Å². The Morgan fingerprint density at radius 2 is 1.95 bits per heavy atom. The molecule has 4 heteroatoms. The van der Waals surface area contributed by atoms with Gasteiger partial charge < -0.3 is 19.5 Å². The molecule has 108 valence electrons. The molecule has 4 nitrogen and oxygen atoms in total. The van der Waals surface area contributed by atoms with Crippen LogP contribution in [0.3, 0.4) is 0 Å². The number of aryl methyl sites for hydroxylation is 1. The molecule has 0 spiro atoms. The summed E-state index contributed by atoms with van der Waals surface area (Å²) in [5.41, 5.74) is 2.43. The molecule has 0 aliphatic heterocycles. The van der Waals surface area contributed by atoms with Crippen LogP contribution in [0.5, 0.6) is 5.75 Å². The summed E-state index contributed by atoms with van der Waals surface area (Å²) < 4.78 is 16.2. The van der Waals surface area contributed by atoms with Crippen LogP contribution in [-0.4, -0.2) is 40.6 Å². The van der Waals surface area contributed by atoms with Gasteiger partial charge in [0.2, 0.25) is 0 Å². The molecule has 1 rings (SSSR count). The third-order valence-corrected chi connectivity index (χ3v) is 2.71. The number of nitrogens with one attached hydrogen (secondary N) is 1. The maximum atomic E-state index is 5.75. The largest absolute Gasteiger partial charge is 0.491 e. The number of hydrogen-bond donors (Lipinski definition) is 1. The lowest BCUT2D eigenvalue weighted by Crippen LogP contribution is -2.11. The van der Waals surface area contributed by atoms with E-state index in [1.165, 1.54) is 11.1 Å². The van der Waals surface area contributed by atoms with Crippen LogP contribution in [-0.2, 0) is 16.0 Å². The lowest BCUT2D eigenvalue weighted by atomic mass is 10.1. The van der Waals surface area contributed by atoms with Crippen molar-refractivity contribution in [3.8, 4) is 5.75 Å². The van der Waals surface area contributed by atoms with Gasteiger partial charge in [0.05, 0.1) is 6.61 Å². The smallest absolute Gasteiger partial charge is 0.123 e. The Hall–Kier alpha value is -1.10. The Kier molecular flexibility index (Phi) is 8.21. The summed E-state index contributed by atoms with van der Waals surface area (Å²) in [4.78, 5) is 0. The van der Waals surface area contributed by atoms with Gasteiger partial charge in [0.1, 0.15) is 12.4 Å². The minimum atomic E-state index is 0.576. The molecule has 0 saturated carbocycles.